The monoisotopic (exact) mass is 351 g/mol. The number of hydrogen-bond donors (Lipinski definition) is 2. The molecule has 134 valence electrons. The Balaban J connectivity index is 1.65. The number of carbonyl (C=O) groups is 1. The van der Waals surface area contributed by atoms with Gasteiger partial charge in [0.2, 0.25) is 5.95 Å². The van der Waals surface area contributed by atoms with Gasteiger partial charge in [-0.15, -0.1) is 0 Å². The SMILES string of the molecule is CC(C)c1ccc2c(c1)=C1CN(c3ncc(C(=O)NO)cn3)CCC1N=2. The third-order valence-corrected chi connectivity index (χ3v) is 5.05. The van der Waals surface area contributed by atoms with Crippen LogP contribution in [0.15, 0.2) is 35.6 Å². The van der Waals surface area contributed by atoms with Crippen LogP contribution < -0.4 is 21.0 Å². The summed E-state index contributed by atoms with van der Waals surface area (Å²) in [6.07, 6.45) is 3.77. The lowest BCUT2D eigenvalue weighted by molar-refractivity contribution is 0.0705. The molecule has 4 rings (SSSR count). The van der Waals surface area contributed by atoms with Crippen LogP contribution in [0.2, 0.25) is 0 Å². The van der Waals surface area contributed by atoms with Gasteiger partial charge in [0.1, 0.15) is 0 Å². The molecular weight excluding hydrogens is 330 g/mol. The maximum Gasteiger partial charge on any atom is 0.277 e. The Hall–Kier alpha value is -2.80. The Kier molecular flexibility index (Phi) is 4.16. The van der Waals surface area contributed by atoms with Gasteiger partial charge in [-0.3, -0.25) is 15.0 Å². The zero-order chi connectivity index (χ0) is 18.3. The van der Waals surface area contributed by atoms with Crippen molar-refractivity contribution in [3.8, 4) is 0 Å². The van der Waals surface area contributed by atoms with Gasteiger partial charge in [-0.25, -0.2) is 15.4 Å². The molecule has 7 heteroatoms. The molecule has 2 aliphatic rings. The lowest BCUT2D eigenvalue weighted by Gasteiger charge is -2.31. The highest BCUT2D eigenvalue weighted by Crippen LogP contribution is 2.24. The second-order valence-electron chi connectivity index (χ2n) is 7.02. The highest BCUT2D eigenvalue weighted by atomic mass is 16.5. The molecule has 0 saturated carbocycles. The molecule has 1 fully saturated rings. The quantitative estimate of drug-likeness (QED) is 0.630. The molecule has 1 aromatic carbocycles. The van der Waals surface area contributed by atoms with E-state index in [0.717, 1.165) is 24.9 Å². The van der Waals surface area contributed by atoms with Gasteiger partial charge < -0.3 is 4.90 Å². The van der Waals surface area contributed by atoms with E-state index >= 15 is 0 Å². The number of nitrogens with zero attached hydrogens (tertiary/aromatic N) is 4. The Labute approximate surface area is 151 Å². The maximum atomic E-state index is 11.4. The molecule has 1 unspecified atom stereocenters. The zero-order valence-corrected chi connectivity index (χ0v) is 14.8. The van der Waals surface area contributed by atoms with E-state index in [2.05, 4.69) is 46.9 Å². The predicted octanol–water partition coefficient (Wildman–Crippen LogP) is 0.782. The Morgan fingerprint density at radius 2 is 2.08 bits per heavy atom. The van der Waals surface area contributed by atoms with Crippen LogP contribution in [0.25, 0.3) is 5.57 Å². The molecule has 0 aliphatic carbocycles. The van der Waals surface area contributed by atoms with Gasteiger partial charge in [0.25, 0.3) is 5.91 Å². The molecule has 0 bridgehead atoms. The van der Waals surface area contributed by atoms with Crippen molar-refractivity contribution < 1.29 is 10.0 Å². The van der Waals surface area contributed by atoms with Gasteiger partial charge in [0, 0.05) is 30.7 Å². The fourth-order valence-electron chi connectivity index (χ4n) is 3.54. The van der Waals surface area contributed by atoms with Crippen LogP contribution in [0, 0.1) is 0 Å². The van der Waals surface area contributed by atoms with Crippen LogP contribution in [0.1, 0.15) is 42.1 Å². The fourth-order valence-corrected chi connectivity index (χ4v) is 3.54. The van der Waals surface area contributed by atoms with Crippen LogP contribution >= 0.6 is 0 Å². The number of anilines is 1. The molecule has 0 spiro atoms. The topological polar surface area (TPSA) is 90.7 Å². The number of hydrogen-bond acceptors (Lipinski definition) is 6. The van der Waals surface area contributed by atoms with Gasteiger partial charge in [0.15, 0.2) is 0 Å². The summed E-state index contributed by atoms with van der Waals surface area (Å²) in [5, 5.41) is 11.0. The summed E-state index contributed by atoms with van der Waals surface area (Å²) in [6, 6.07) is 6.79. The first-order valence-electron chi connectivity index (χ1n) is 8.79. The summed E-state index contributed by atoms with van der Waals surface area (Å²) in [5.74, 6) is 0.446. The van der Waals surface area contributed by atoms with Crippen molar-refractivity contribution in [3.63, 3.8) is 0 Å². The minimum absolute atomic E-state index is 0.224. The van der Waals surface area contributed by atoms with Crippen molar-refractivity contribution in [1.82, 2.24) is 15.4 Å². The molecule has 7 nitrogen and oxygen atoms in total. The predicted molar refractivity (Wildman–Crippen MR) is 96.6 cm³/mol. The molecule has 2 aliphatic heterocycles. The van der Waals surface area contributed by atoms with Crippen molar-refractivity contribution in [3.05, 3.63) is 52.3 Å². The van der Waals surface area contributed by atoms with Crippen molar-refractivity contribution >= 4 is 17.4 Å². The highest BCUT2D eigenvalue weighted by molar-refractivity contribution is 5.92. The number of benzene rings is 1. The number of hydroxylamine groups is 1. The van der Waals surface area contributed by atoms with Crippen molar-refractivity contribution in [2.75, 3.05) is 18.0 Å². The average molecular weight is 351 g/mol. The van der Waals surface area contributed by atoms with Crippen LogP contribution in [0.3, 0.4) is 0 Å². The molecule has 1 amide bonds. The Morgan fingerprint density at radius 3 is 2.77 bits per heavy atom. The van der Waals surface area contributed by atoms with E-state index in [1.165, 1.54) is 28.7 Å². The summed E-state index contributed by atoms with van der Waals surface area (Å²) >= 11 is 0. The maximum absolute atomic E-state index is 11.4. The smallest absolute Gasteiger partial charge is 0.277 e. The molecule has 2 aromatic rings. The largest absolute Gasteiger partial charge is 0.337 e. The summed E-state index contributed by atoms with van der Waals surface area (Å²) in [7, 11) is 0. The van der Waals surface area contributed by atoms with Crippen LogP contribution in [0.5, 0.6) is 0 Å². The number of fused-ring (bicyclic) bond motifs is 2. The van der Waals surface area contributed by atoms with E-state index in [1.54, 1.807) is 5.48 Å². The normalized spacial score (nSPS) is 18.4. The first-order chi connectivity index (χ1) is 12.6. The first-order valence-corrected chi connectivity index (χ1v) is 8.79. The van der Waals surface area contributed by atoms with Crippen LogP contribution in [-0.4, -0.2) is 40.2 Å². The summed E-state index contributed by atoms with van der Waals surface area (Å²) in [4.78, 5) is 27.0. The fraction of sp³-hybridized carbons (Fsp3) is 0.368. The Morgan fingerprint density at radius 1 is 1.31 bits per heavy atom. The standard InChI is InChI=1S/C19H21N5O2/c1-11(2)12-3-4-16-14(7-12)15-10-24(6-5-17(15)22-16)19-20-8-13(9-21-19)18(25)23-26/h3-4,7-9,11,17,26H,5-6,10H2,1-2H3,(H,23,25). The zero-order valence-electron chi connectivity index (χ0n) is 14.8. The second kappa shape index (κ2) is 6.49. The number of aromatic nitrogens is 2. The number of piperidine rings is 1. The van der Waals surface area contributed by atoms with Gasteiger partial charge in [-0.2, -0.15) is 0 Å². The summed E-state index contributed by atoms with van der Waals surface area (Å²) < 4.78 is 0. The van der Waals surface area contributed by atoms with Gasteiger partial charge in [-0.1, -0.05) is 19.9 Å². The number of rotatable bonds is 3. The van der Waals surface area contributed by atoms with Gasteiger partial charge in [-0.05, 0) is 35.6 Å². The van der Waals surface area contributed by atoms with Gasteiger partial charge in [0.05, 0.1) is 17.0 Å². The minimum Gasteiger partial charge on any atom is -0.337 e. The minimum atomic E-state index is -0.616. The van der Waals surface area contributed by atoms with E-state index in [-0.39, 0.29) is 11.6 Å². The molecule has 3 heterocycles. The molecule has 0 radical (unpaired) electrons. The molecular formula is C19H21N5O2. The van der Waals surface area contributed by atoms with Crippen LogP contribution in [0.4, 0.5) is 5.95 Å². The number of amides is 1. The van der Waals surface area contributed by atoms with Crippen molar-refractivity contribution in [2.24, 2.45) is 4.99 Å². The van der Waals surface area contributed by atoms with Gasteiger partial charge >= 0.3 is 0 Å². The van der Waals surface area contributed by atoms with Crippen molar-refractivity contribution in [2.45, 2.75) is 32.2 Å². The average Bonchev–Trinajstić information content (AvgIpc) is 3.04. The van der Waals surface area contributed by atoms with Crippen molar-refractivity contribution in [1.29, 1.82) is 0 Å². The van der Waals surface area contributed by atoms with Crippen LogP contribution in [-0.2, 0) is 0 Å². The highest BCUT2D eigenvalue weighted by Gasteiger charge is 2.28. The molecule has 1 aromatic heterocycles. The first kappa shape index (κ1) is 16.7. The molecule has 1 atom stereocenters. The third kappa shape index (κ3) is 2.84. The van der Waals surface area contributed by atoms with E-state index < -0.39 is 5.91 Å². The second-order valence-corrected chi connectivity index (χ2v) is 7.02. The summed E-state index contributed by atoms with van der Waals surface area (Å²) in [6.45, 7) is 5.94. The van der Waals surface area contributed by atoms with E-state index in [1.807, 2.05) is 0 Å². The summed E-state index contributed by atoms with van der Waals surface area (Å²) in [5.41, 5.74) is 4.44. The lowest BCUT2D eigenvalue weighted by Crippen LogP contribution is -2.39. The molecule has 2 N–H and O–H groups in total. The lowest BCUT2D eigenvalue weighted by atomic mass is 9.96. The van der Waals surface area contributed by atoms with E-state index in [9.17, 15) is 4.79 Å². The van der Waals surface area contributed by atoms with E-state index in [4.69, 9.17) is 10.2 Å². The molecule has 26 heavy (non-hydrogen) atoms. The third-order valence-electron chi connectivity index (χ3n) is 5.05. The Bertz CT molecular complexity index is 968. The number of nitrogens with one attached hydrogen (secondary N) is 1. The molecule has 1 saturated heterocycles. The van der Waals surface area contributed by atoms with E-state index in [0.29, 0.717) is 11.9 Å². The number of carbonyl (C=O) groups excluding carboxylic acids is 1.